The maximum Gasteiger partial charge on any atom is 0.194 e. The third kappa shape index (κ3) is 8.76. The van der Waals surface area contributed by atoms with Crippen molar-refractivity contribution in [3.8, 4) is 11.5 Å². The van der Waals surface area contributed by atoms with E-state index in [-0.39, 0.29) is 28.7 Å². The van der Waals surface area contributed by atoms with E-state index in [0.29, 0.717) is 12.3 Å². The lowest BCUT2D eigenvalue weighted by Crippen LogP contribution is -2.52. The zero-order valence-corrected chi connectivity index (χ0v) is 22.9. The van der Waals surface area contributed by atoms with Crippen molar-refractivity contribution in [2.75, 3.05) is 59.2 Å². The summed E-state index contributed by atoms with van der Waals surface area (Å²) in [7, 11) is 2.44. The summed E-state index contributed by atoms with van der Waals surface area (Å²) in [4.78, 5) is 9.47. The van der Waals surface area contributed by atoms with E-state index in [0.717, 1.165) is 56.7 Å². The first kappa shape index (κ1) is 28.0. The van der Waals surface area contributed by atoms with Gasteiger partial charge in [0.1, 0.15) is 0 Å². The Labute approximate surface area is 207 Å². The van der Waals surface area contributed by atoms with Crippen molar-refractivity contribution in [3.05, 3.63) is 23.8 Å². The number of nitrogens with zero attached hydrogens (tertiary/aromatic N) is 3. The first-order valence-corrected chi connectivity index (χ1v) is 11.9. The largest absolute Gasteiger partial charge is 0.493 e. The number of hydrogen-bond donors (Lipinski definition) is 1. The molecule has 7 nitrogen and oxygen atoms in total. The number of rotatable bonds is 8. The van der Waals surface area contributed by atoms with Crippen LogP contribution in [-0.4, -0.2) is 84.0 Å². The summed E-state index contributed by atoms with van der Waals surface area (Å²) in [5, 5.41) is 3.39. The van der Waals surface area contributed by atoms with Crippen LogP contribution >= 0.6 is 24.0 Å². The first-order chi connectivity index (χ1) is 14.3. The highest BCUT2D eigenvalue weighted by Crippen LogP contribution is 2.28. The third-order valence-corrected chi connectivity index (χ3v) is 7.00. The highest BCUT2D eigenvalue weighted by atomic mass is 127. The van der Waals surface area contributed by atoms with E-state index in [1.165, 1.54) is 5.56 Å². The second kappa shape index (κ2) is 13.5. The third-order valence-electron chi connectivity index (χ3n) is 5.08. The Bertz CT molecular complexity index is 732. The van der Waals surface area contributed by atoms with Crippen molar-refractivity contribution in [2.24, 2.45) is 4.99 Å². The van der Waals surface area contributed by atoms with Gasteiger partial charge >= 0.3 is 0 Å². The molecule has 1 saturated heterocycles. The zero-order chi connectivity index (χ0) is 22.1. The van der Waals surface area contributed by atoms with Crippen LogP contribution < -0.4 is 14.8 Å². The lowest BCUT2D eigenvalue weighted by Gasteiger charge is -2.36. The van der Waals surface area contributed by atoms with E-state index >= 15 is 0 Å². The minimum atomic E-state index is -0.877. The minimum absolute atomic E-state index is 0. The fourth-order valence-electron chi connectivity index (χ4n) is 3.32. The van der Waals surface area contributed by atoms with Crippen LogP contribution in [-0.2, 0) is 17.3 Å². The van der Waals surface area contributed by atoms with E-state index in [9.17, 15) is 4.21 Å². The van der Waals surface area contributed by atoms with Crippen molar-refractivity contribution in [1.82, 2.24) is 15.1 Å². The monoisotopic (exact) mass is 566 g/mol. The number of ether oxygens (including phenoxy) is 2. The number of halogens is 1. The Morgan fingerprint density at radius 2 is 1.77 bits per heavy atom. The fourth-order valence-corrected chi connectivity index (χ4v) is 4.19. The average molecular weight is 567 g/mol. The predicted molar refractivity (Wildman–Crippen MR) is 141 cm³/mol. The van der Waals surface area contributed by atoms with Gasteiger partial charge in [-0.25, -0.2) is 0 Å². The van der Waals surface area contributed by atoms with Crippen molar-refractivity contribution < 1.29 is 13.7 Å². The molecule has 1 aliphatic rings. The number of piperazine rings is 1. The quantitative estimate of drug-likeness (QED) is 0.297. The van der Waals surface area contributed by atoms with E-state index in [4.69, 9.17) is 14.5 Å². The molecule has 1 aromatic carbocycles. The molecule has 1 atom stereocenters. The second-order valence-electron chi connectivity index (χ2n) is 8.35. The van der Waals surface area contributed by atoms with Gasteiger partial charge in [0.25, 0.3) is 0 Å². The molecule has 9 heteroatoms. The molecule has 0 radical (unpaired) electrons. The lowest BCUT2D eigenvalue weighted by molar-refractivity contribution is 0.172. The molecule has 0 saturated carbocycles. The Balaban J connectivity index is 0.00000480. The Morgan fingerprint density at radius 3 is 2.32 bits per heavy atom. The van der Waals surface area contributed by atoms with Crippen LogP contribution in [0.4, 0.5) is 0 Å². The number of methoxy groups -OCH3 is 2. The van der Waals surface area contributed by atoms with Gasteiger partial charge < -0.3 is 19.7 Å². The van der Waals surface area contributed by atoms with E-state index in [2.05, 4.69) is 28.1 Å². The first-order valence-electron chi connectivity index (χ1n) is 10.6. The van der Waals surface area contributed by atoms with Crippen LogP contribution in [0.1, 0.15) is 33.3 Å². The molecule has 178 valence electrons. The average Bonchev–Trinajstić information content (AvgIpc) is 2.72. The molecule has 0 aliphatic carbocycles. The SMILES string of the molecule is CCNC(=NCCS(=O)C(C)(C)C)N1CCN(Cc2ccc(OC)c(OC)c2)CC1.I. The summed E-state index contributed by atoms with van der Waals surface area (Å²) in [6.07, 6.45) is 0. The maximum atomic E-state index is 12.3. The lowest BCUT2D eigenvalue weighted by atomic mass is 10.1. The van der Waals surface area contributed by atoms with Gasteiger partial charge in [0.2, 0.25) is 0 Å². The molecule has 0 aromatic heterocycles. The number of guanidine groups is 1. The highest BCUT2D eigenvalue weighted by molar-refractivity contribution is 14.0. The molecule has 1 heterocycles. The second-order valence-corrected chi connectivity index (χ2v) is 10.7. The summed E-state index contributed by atoms with van der Waals surface area (Å²) >= 11 is 0. The maximum absolute atomic E-state index is 12.3. The van der Waals surface area contributed by atoms with Gasteiger partial charge in [0.05, 0.1) is 20.8 Å². The molecule has 31 heavy (non-hydrogen) atoms. The smallest absolute Gasteiger partial charge is 0.194 e. The van der Waals surface area contributed by atoms with Crippen LogP contribution in [0, 0.1) is 0 Å². The van der Waals surface area contributed by atoms with Crippen LogP contribution in [0.2, 0.25) is 0 Å². The van der Waals surface area contributed by atoms with E-state index in [1.54, 1.807) is 14.2 Å². The molecule has 0 amide bonds. The Hall–Kier alpha value is -1.07. The van der Waals surface area contributed by atoms with Gasteiger partial charge in [-0.15, -0.1) is 24.0 Å². The van der Waals surface area contributed by atoms with Crippen LogP contribution in [0.25, 0.3) is 0 Å². The summed E-state index contributed by atoms with van der Waals surface area (Å²) in [6.45, 7) is 14.2. The van der Waals surface area contributed by atoms with Gasteiger partial charge in [-0.1, -0.05) is 6.07 Å². The van der Waals surface area contributed by atoms with Crippen LogP contribution in [0.15, 0.2) is 23.2 Å². The van der Waals surface area contributed by atoms with Crippen molar-refractivity contribution in [2.45, 2.75) is 39.0 Å². The summed E-state index contributed by atoms with van der Waals surface area (Å²) < 4.78 is 22.8. The van der Waals surface area contributed by atoms with Gasteiger partial charge in [-0.2, -0.15) is 0 Å². The fraction of sp³-hybridized carbons (Fsp3) is 0.682. The molecule has 1 aromatic rings. The molecule has 1 unspecified atom stereocenters. The van der Waals surface area contributed by atoms with Crippen molar-refractivity contribution in [3.63, 3.8) is 0 Å². The molecule has 1 N–H and O–H groups in total. The molecular formula is C22H39IN4O3S. The van der Waals surface area contributed by atoms with E-state index < -0.39 is 10.8 Å². The standard InChI is InChI=1S/C22H38N4O3S.HI/c1-7-23-21(24-10-15-30(27)22(2,3)4)26-13-11-25(12-14-26)17-18-8-9-19(28-5)20(16-18)29-6;/h8-9,16H,7,10-15,17H2,1-6H3,(H,23,24);1H. The van der Waals surface area contributed by atoms with E-state index in [1.807, 2.05) is 32.9 Å². The molecule has 0 bridgehead atoms. The van der Waals surface area contributed by atoms with Crippen LogP contribution in [0.3, 0.4) is 0 Å². The van der Waals surface area contributed by atoms with Gasteiger partial charge in [0.15, 0.2) is 17.5 Å². The Morgan fingerprint density at radius 1 is 1.13 bits per heavy atom. The molecule has 0 spiro atoms. The number of hydrogen-bond acceptors (Lipinski definition) is 5. The van der Waals surface area contributed by atoms with Crippen LogP contribution in [0.5, 0.6) is 11.5 Å². The zero-order valence-electron chi connectivity index (χ0n) is 19.8. The predicted octanol–water partition coefficient (Wildman–Crippen LogP) is 2.95. The summed E-state index contributed by atoms with van der Waals surface area (Å²) in [5.74, 6) is 3.04. The number of aliphatic imine (C=N–C) groups is 1. The highest BCUT2D eigenvalue weighted by Gasteiger charge is 2.21. The molecule has 2 rings (SSSR count). The minimum Gasteiger partial charge on any atom is -0.493 e. The number of nitrogens with one attached hydrogen (secondary N) is 1. The van der Waals surface area contributed by atoms with Gasteiger partial charge in [0, 0.05) is 60.6 Å². The van der Waals surface area contributed by atoms with Gasteiger partial charge in [-0.05, 0) is 45.4 Å². The normalized spacial score (nSPS) is 16.5. The Kier molecular flexibility index (Phi) is 12.2. The molecular weight excluding hydrogens is 527 g/mol. The summed E-state index contributed by atoms with van der Waals surface area (Å²) in [5.41, 5.74) is 1.21. The van der Waals surface area contributed by atoms with Gasteiger partial charge in [-0.3, -0.25) is 14.1 Å². The van der Waals surface area contributed by atoms with Crippen molar-refractivity contribution >= 4 is 40.7 Å². The summed E-state index contributed by atoms with van der Waals surface area (Å²) in [6, 6.07) is 6.10. The number of benzene rings is 1. The van der Waals surface area contributed by atoms with Crippen molar-refractivity contribution in [1.29, 1.82) is 0 Å². The molecule has 1 aliphatic heterocycles. The topological polar surface area (TPSA) is 66.4 Å². The molecule has 1 fully saturated rings.